The molecule has 174 valence electrons. The van der Waals surface area contributed by atoms with Gasteiger partial charge in [0.05, 0.1) is 5.69 Å². The molecule has 4 heterocycles. The van der Waals surface area contributed by atoms with Crippen molar-refractivity contribution in [3.63, 3.8) is 0 Å². The van der Waals surface area contributed by atoms with E-state index in [1.165, 1.54) is 12.4 Å². The number of nitrogens with zero attached hydrogens (tertiary/aromatic N) is 8. The zero-order chi connectivity index (χ0) is 23.4. The van der Waals surface area contributed by atoms with Crippen molar-refractivity contribution in [2.24, 2.45) is 0 Å². The van der Waals surface area contributed by atoms with Crippen LogP contribution in [0, 0.1) is 18.6 Å². The Morgan fingerprint density at radius 1 is 1.03 bits per heavy atom. The maximum absolute atomic E-state index is 13.8. The van der Waals surface area contributed by atoms with Gasteiger partial charge in [-0.15, -0.1) is 0 Å². The van der Waals surface area contributed by atoms with Crippen molar-refractivity contribution < 1.29 is 13.6 Å². The second-order valence-corrected chi connectivity index (χ2v) is 8.64. The van der Waals surface area contributed by atoms with Crippen molar-refractivity contribution in [1.29, 1.82) is 0 Å². The number of amides is 1. The summed E-state index contributed by atoms with van der Waals surface area (Å²) in [5, 5.41) is 8.84. The summed E-state index contributed by atoms with van der Waals surface area (Å²) >= 11 is 0. The molecule has 2 aliphatic rings. The van der Waals surface area contributed by atoms with E-state index in [2.05, 4.69) is 25.1 Å². The Morgan fingerprint density at radius 3 is 2.65 bits per heavy atom. The lowest BCUT2D eigenvalue weighted by Gasteiger charge is -2.35. The number of rotatable bonds is 3. The Bertz CT molecular complexity index is 1420. The molecular weight excluding hydrogens is 442 g/mol. The lowest BCUT2D eigenvalue weighted by atomic mass is 10.1. The van der Waals surface area contributed by atoms with Gasteiger partial charge in [0.1, 0.15) is 12.1 Å². The number of hydrogen-bond acceptors (Lipinski definition) is 6. The molecule has 1 aliphatic carbocycles. The number of piperazine rings is 1. The number of benzene rings is 1. The van der Waals surface area contributed by atoms with E-state index in [0.29, 0.717) is 43.3 Å². The third-order valence-electron chi connectivity index (χ3n) is 6.53. The van der Waals surface area contributed by atoms with Crippen LogP contribution >= 0.6 is 0 Å². The topological polar surface area (TPSA) is 84.5 Å². The number of halogens is 2. The molecular formula is C23H22F2N8O. The van der Waals surface area contributed by atoms with Crippen molar-refractivity contribution in [2.75, 3.05) is 31.1 Å². The molecule has 0 saturated carbocycles. The monoisotopic (exact) mass is 464 g/mol. The second kappa shape index (κ2) is 7.86. The van der Waals surface area contributed by atoms with Gasteiger partial charge in [0.15, 0.2) is 17.3 Å². The van der Waals surface area contributed by atoms with Crippen molar-refractivity contribution >= 4 is 17.5 Å². The summed E-state index contributed by atoms with van der Waals surface area (Å²) in [5.74, 6) is -0.524. The summed E-state index contributed by atoms with van der Waals surface area (Å²) in [4.78, 5) is 26.0. The van der Waals surface area contributed by atoms with E-state index < -0.39 is 11.6 Å². The molecule has 4 aromatic rings. The molecule has 1 saturated heterocycles. The molecule has 0 radical (unpaired) electrons. The molecule has 34 heavy (non-hydrogen) atoms. The fraction of sp³-hybridized carbons (Fsp3) is 0.348. The van der Waals surface area contributed by atoms with Gasteiger partial charge in [-0.3, -0.25) is 4.79 Å². The van der Waals surface area contributed by atoms with Gasteiger partial charge >= 0.3 is 0 Å². The van der Waals surface area contributed by atoms with Crippen LogP contribution in [0.5, 0.6) is 0 Å². The minimum absolute atomic E-state index is 0.129. The van der Waals surface area contributed by atoms with Crippen LogP contribution in [0.3, 0.4) is 0 Å². The molecule has 0 bridgehead atoms. The maximum atomic E-state index is 13.8. The number of carbonyl (C=O) groups excluding carboxylic acids is 1. The molecule has 0 N–H and O–H groups in total. The average Bonchev–Trinajstić information content (AvgIpc) is 3.57. The van der Waals surface area contributed by atoms with E-state index in [1.54, 1.807) is 14.1 Å². The Morgan fingerprint density at radius 2 is 1.85 bits per heavy atom. The summed E-state index contributed by atoms with van der Waals surface area (Å²) in [5.41, 5.74) is 3.49. The van der Waals surface area contributed by atoms with Crippen LogP contribution in [0.2, 0.25) is 0 Å². The Kier molecular flexibility index (Phi) is 4.78. The van der Waals surface area contributed by atoms with E-state index in [9.17, 15) is 13.6 Å². The average molecular weight is 464 g/mol. The minimum atomic E-state index is -0.934. The van der Waals surface area contributed by atoms with Crippen LogP contribution in [-0.4, -0.2) is 66.3 Å². The van der Waals surface area contributed by atoms with E-state index in [1.807, 2.05) is 13.0 Å². The second-order valence-electron chi connectivity index (χ2n) is 8.64. The van der Waals surface area contributed by atoms with E-state index >= 15 is 0 Å². The highest BCUT2D eigenvalue weighted by molar-refractivity contribution is 5.94. The normalized spacial score (nSPS) is 15.9. The van der Waals surface area contributed by atoms with Gasteiger partial charge in [0, 0.05) is 55.3 Å². The SMILES string of the molecule is Cc1cc(N2CCN(C(=O)c3nn(-c4ccc(F)c(F)c4)c4c3CCC4)CC2)n2ncnc2n1. The highest BCUT2D eigenvalue weighted by Crippen LogP contribution is 2.29. The van der Waals surface area contributed by atoms with Crippen LogP contribution in [0.1, 0.15) is 33.9 Å². The first kappa shape index (κ1) is 20.7. The Labute approximate surface area is 193 Å². The molecule has 0 unspecified atom stereocenters. The molecule has 9 nitrogen and oxygen atoms in total. The number of aromatic nitrogens is 6. The zero-order valence-corrected chi connectivity index (χ0v) is 18.6. The van der Waals surface area contributed by atoms with Crippen molar-refractivity contribution in [2.45, 2.75) is 26.2 Å². The number of aryl methyl sites for hydroxylation is 1. The van der Waals surface area contributed by atoms with Crippen LogP contribution in [0.25, 0.3) is 11.5 Å². The third kappa shape index (κ3) is 3.30. The summed E-state index contributed by atoms with van der Waals surface area (Å²) in [6, 6.07) is 5.66. The van der Waals surface area contributed by atoms with E-state index in [0.717, 1.165) is 54.2 Å². The predicted molar refractivity (Wildman–Crippen MR) is 119 cm³/mol. The van der Waals surface area contributed by atoms with Crippen LogP contribution in [0.15, 0.2) is 30.6 Å². The van der Waals surface area contributed by atoms with E-state index in [4.69, 9.17) is 0 Å². The first-order valence-electron chi connectivity index (χ1n) is 11.3. The van der Waals surface area contributed by atoms with Gasteiger partial charge in [0.25, 0.3) is 11.7 Å². The Balaban J connectivity index is 1.25. The van der Waals surface area contributed by atoms with E-state index in [-0.39, 0.29) is 5.91 Å². The quantitative estimate of drug-likeness (QED) is 0.463. The predicted octanol–water partition coefficient (Wildman–Crippen LogP) is 2.35. The lowest BCUT2D eigenvalue weighted by Crippen LogP contribution is -2.49. The summed E-state index contributed by atoms with van der Waals surface area (Å²) in [6.45, 7) is 4.25. The van der Waals surface area contributed by atoms with Crippen molar-refractivity contribution in [1.82, 2.24) is 34.3 Å². The molecule has 1 amide bonds. The number of carbonyl (C=O) groups is 1. The lowest BCUT2D eigenvalue weighted by molar-refractivity contribution is 0.0739. The van der Waals surface area contributed by atoms with Crippen LogP contribution < -0.4 is 4.90 Å². The van der Waals surface area contributed by atoms with Gasteiger partial charge in [-0.1, -0.05) is 0 Å². The van der Waals surface area contributed by atoms with Gasteiger partial charge in [0.2, 0.25) is 0 Å². The van der Waals surface area contributed by atoms with Crippen LogP contribution in [-0.2, 0) is 12.8 Å². The van der Waals surface area contributed by atoms with Crippen LogP contribution in [0.4, 0.5) is 14.6 Å². The standard InChI is InChI=1S/C23H22F2N8O/c1-14-11-20(33-23(28-14)26-13-27-33)30-7-9-31(10-8-30)22(34)21-16-3-2-4-19(16)32(29-21)15-5-6-17(24)18(25)12-15/h5-6,11-13H,2-4,7-10H2,1H3. The molecule has 0 atom stereocenters. The number of fused-ring (bicyclic) bond motifs is 2. The molecule has 1 aliphatic heterocycles. The minimum Gasteiger partial charge on any atom is -0.353 e. The maximum Gasteiger partial charge on any atom is 0.274 e. The fourth-order valence-electron chi connectivity index (χ4n) is 4.86. The molecule has 1 fully saturated rings. The third-order valence-corrected chi connectivity index (χ3v) is 6.53. The van der Waals surface area contributed by atoms with Gasteiger partial charge < -0.3 is 9.80 Å². The highest BCUT2D eigenvalue weighted by atomic mass is 19.2. The number of anilines is 1. The van der Waals surface area contributed by atoms with Gasteiger partial charge in [-0.05, 0) is 38.3 Å². The molecule has 6 rings (SSSR count). The largest absolute Gasteiger partial charge is 0.353 e. The summed E-state index contributed by atoms with van der Waals surface area (Å²) in [7, 11) is 0. The van der Waals surface area contributed by atoms with Crippen molar-refractivity contribution in [3.8, 4) is 5.69 Å². The smallest absolute Gasteiger partial charge is 0.274 e. The highest BCUT2D eigenvalue weighted by Gasteiger charge is 2.31. The Hall–Kier alpha value is -3.89. The van der Waals surface area contributed by atoms with Crippen molar-refractivity contribution in [3.05, 3.63) is 64.9 Å². The first-order chi connectivity index (χ1) is 16.5. The molecule has 1 aromatic carbocycles. The molecule has 3 aromatic heterocycles. The summed E-state index contributed by atoms with van der Waals surface area (Å²) < 4.78 is 30.6. The zero-order valence-electron chi connectivity index (χ0n) is 18.6. The molecule has 11 heteroatoms. The number of hydrogen-bond donors (Lipinski definition) is 0. The molecule has 0 spiro atoms. The summed E-state index contributed by atoms with van der Waals surface area (Å²) in [6.07, 6.45) is 3.88. The van der Waals surface area contributed by atoms with Gasteiger partial charge in [-0.25, -0.2) is 18.4 Å². The van der Waals surface area contributed by atoms with Gasteiger partial charge in [-0.2, -0.15) is 19.7 Å². The fourth-order valence-corrected chi connectivity index (χ4v) is 4.86. The first-order valence-corrected chi connectivity index (χ1v) is 11.3.